The van der Waals surface area contributed by atoms with Gasteiger partial charge >= 0.3 is 6.09 Å². The van der Waals surface area contributed by atoms with E-state index in [0.717, 1.165) is 10.5 Å². The fourth-order valence-corrected chi connectivity index (χ4v) is 1.73. The molecule has 0 unspecified atom stereocenters. The van der Waals surface area contributed by atoms with Crippen LogP contribution in [0.3, 0.4) is 0 Å². The van der Waals surface area contributed by atoms with E-state index in [1.807, 2.05) is 30.3 Å². The Balaban J connectivity index is 2.79. The average molecular weight is 279 g/mol. The van der Waals surface area contributed by atoms with Gasteiger partial charge in [0.1, 0.15) is 5.60 Å². The molecule has 0 aliphatic carbocycles. The Bertz CT molecular complexity index is 439. The highest BCUT2D eigenvalue weighted by Crippen LogP contribution is 2.13. The van der Waals surface area contributed by atoms with Crippen LogP contribution in [0.25, 0.3) is 0 Å². The molecule has 0 aromatic heterocycles. The second kappa shape index (κ2) is 7.05. The van der Waals surface area contributed by atoms with Crippen LogP contribution in [0.5, 0.6) is 0 Å². The lowest BCUT2D eigenvalue weighted by Crippen LogP contribution is -2.45. The smallest absolute Gasteiger partial charge is 0.417 e. The number of hydrogen-bond acceptors (Lipinski definition) is 4. The minimum atomic E-state index is -0.748. The molecule has 0 aliphatic rings. The van der Waals surface area contributed by atoms with Crippen LogP contribution in [0.2, 0.25) is 0 Å². The second-order valence-corrected chi connectivity index (χ2v) is 5.52. The van der Waals surface area contributed by atoms with Gasteiger partial charge in [-0.05, 0) is 32.8 Å². The molecule has 110 valence electrons. The van der Waals surface area contributed by atoms with Gasteiger partial charge in [0, 0.05) is 0 Å². The van der Waals surface area contributed by atoms with E-state index in [4.69, 9.17) is 4.74 Å². The van der Waals surface area contributed by atoms with Crippen LogP contribution in [0.4, 0.5) is 4.79 Å². The highest BCUT2D eigenvalue weighted by atomic mass is 16.6. The van der Waals surface area contributed by atoms with Crippen molar-refractivity contribution in [3.63, 3.8) is 0 Å². The summed E-state index contributed by atoms with van der Waals surface area (Å²) in [6.07, 6.45) is 0.0372. The summed E-state index contributed by atoms with van der Waals surface area (Å²) in [5, 5.41) is 9.43. The van der Waals surface area contributed by atoms with Gasteiger partial charge in [-0.15, -0.1) is 0 Å². The van der Waals surface area contributed by atoms with Crippen molar-refractivity contribution in [3.8, 4) is 0 Å². The Morgan fingerprint density at radius 2 is 1.95 bits per heavy atom. The van der Waals surface area contributed by atoms with E-state index in [1.54, 1.807) is 20.8 Å². The number of aliphatic hydroxyl groups is 1. The molecule has 0 saturated heterocycles. The summed E-state index contributed by atoms with van der Waals surface area (Å²) in [6, 6.07) is 8.72. The third-order valence-electron chi connectivity index (χ3n) is 2.64. The van der Waals surface area contributed by atoms with Crippen LogP contribution in [0.1, 0.15) is 26.3 Å². The minimum absolute atomic E-state index is 0.313. The number of imide groups is 1. The summed E-state index contributed by atoms with van der Waals surface area (Å²) in [5.41, 5.74) is 0.243. The maximum Gasteiger partial charge on any atom is 0.417 e. The lowest BCUT2D eigenvalue weighted by Gasteiger charge is -2.28. The van der Waals surface area contributed by atoms with E-state index in [2.05, 4.69) is 0 Å². The first-order chi connectivity index (χ1) is 9.37. The summed E-state index contributed by atoms with van der Waals surface area (Å²) < 4.78 is 5.16. The number of aliphatic hydroxyl groups excluding tert-OH is 1. The molecule has 0 heterocycles. The number of hydrogen-bond donors (Lipinski definition) is 1. The third-order valence-corrected chi connectivity index (χ3v) is 2.64. The van der Waals surface area contributed by atoms with Crippen LogP contribution in [0, 0.1) is 0 Å². The van der Waals surface area contributed by atoms with Crippen molar-refractivity contribution in [2.24, 2.45) is 0 Å². The molecular formula is C15H21NO4. The Morgan fingerprint density at radius 3 is 2.40 bits per heavy atom. The van der Waals surface area contributed by atoms with E-state index < -0.39 is 17.7 Å². The molecule has 0 fully saturated rings. The summed E-state index contributed by atoms with van der Waals surface area (Å²) in [7, 11) is 0. The third kappa shape index (κ3) is 5.01. The maximum atomic E-state index is 11.9. The van der Waals surface area contributed by atoms with Crippen molar-refractivity contribution in [2.75, 3.05) is 6.61 Å². The topological polar surface area (TPSA) is 66.8 Å². The molecule has 1 N–H and O–H groups in total. The summed E-state index contributed by atoms with van der Waals surface area (Å²) >= 11 is 0. The Hall–Kier alpha value is -1.88. The summed E-state index contributed by atoms with van der Waals surface area (Å²) in [4.78, 5) is 24.0. The van der Waals surface area contributed by atoms with E-state index >= 15 is 0 Å². The average Bonchev–Trinajstić information content (AvgIpc) is 2.37. The van der Waals surface area contributed by atoms with Crippen molar-refractivity contribution in [2.45, 2.75) is 38.8 Å². The number of benzene rings is 1. The highest BCUT2D eigenvalue weighted by molar-refractivity contribution is 5.81. The van der Waals surface area contributed by atoms with E-state index in [0.29, 0.717) is 12.8 Å². The van der Waals surface area contributed by atoms with Gasteiger partial charge in [0.15, 0.2) is 0 Å². The monoisotopic (exact) mass is 279 g/mol. The van der Waals surface area contributed by atoms with Crippen molar-refractivity contribution in [3.05, 3.63) is 35.9 Å². The van der Waals surface area contributed by atoms with Crippen LogP contribution >= 0.6 is 0 Å². The molecule has 20 heavy (non-hydrogen) atoms. The molecule has 0 spiro atoms. The van der Waals surface area contributed by atoms with Crippen LogP contribution in [-0.4, -0.2) is 40.8 Å². The minimum Gasteiger partial charge on any atom is -0.443 e. The largest absolute Gasteiger partial charge is 0.443 e. The number of amides is 2. The van der Waals surface area contributed by atoms with Crippen molar-refractivity contribution < 1.29 is 19.4 Å². The molecule has 1 aromatic carbocycles. The number of carbonyl (C=O) groups is 2. The van der Waals surface area contributed by atoms with Gasteiger partial charge in [-0.25, -0.2) is 9.69 Å². The van der Waals surface area contributed by atoms with Gasteiger partial charge in [-0.1, -0.05) is 30.3 Å². The molecule has 5 nitrogen and oxygen atoms in total. The fraction of sp³-hybridized carbons (Fsp3) is 0.467. The number of carbonyl (C=O) groups excluding carboxylic acids is 2. The Kier molecular flexibility index (Phi) is 5.70. The molecule has 0 bridgehead atoms. The van der Waals surface area contributed by atoms with Crippen molar-refractivity contribution in [1.82, 2.24) is 4.90 Å². The molecule has 1 aromatic rings. The van der Waals surface area contributed by atoms with Gasteiger partial charge in [-0.3, -0.25) is 4.79 Å². The number of ether oxygens (including phenoxy) is 1. The normalized spacial score (nSPS) is 12.6. The number of nitrogens with zero attached hydrogens (tertiary/aromatic N) is 1. The lowest BCUT2D eigenvalue weighted by atomic mass is 10.1. The lowest BCUT2D eigenvalue weighted by molar-refractivity contribution is -0.120. The molecule has 1 atom stereocenters. The zero-order chi connectivity index (χ0) is 15.2. The first-order valence-electron chi connectivity index (χ1n) is 6.49. The van der Waals surface area contributed by atoms with Crippen LogP contribution in [-0.2, 0) is 16.0 Å². The Labute approximate surface area is 119 Å². The first kappa shape index (κ1) is 16.2. The van der Waals surface area contributed by atoms with Gasteiger partial charge in [-0.2, -0.15) is 0 Å². The molecule has 0 saturated carbocycles. The molecule has 1 rings (SSSR count). The molecule has 0 aliphatic heterocycles. The zero-order valence-corrected chi connectivity index (χ0v) is 12.1. The Morgan fingerprint density at radius 1 is 1.35 bits per heavy atom. The van der Waals surface area contributed by atoms with E-state index in [9.17, 15) is 14.7 Å². The van der Waals surface area contributed by atoms with Crippen LogP contribution in [0.15, 0.2) is 30.3 Å². The second-order valence-electron chi connectivity index (χ2n) is 5.52. The van der Waals surface area contributed by atoms with Gasteiger partial charge in [0.25, 0.3) is 0 Å². The van der Waals surface area contributed by atoms with Gasteiger partial charge < -0.3 is 9.84 Å². The number of rotatable bonds is 5. The van der Waals surface area contributed by atoms with E-state index in [1.165, 1.54) is 0 Å². The van der Waals surface area contributed by atoms with Crippen molar-refractivity contribution in [1.29, 1.82) is 0 Å². The fourth-order valence-electron chi connectivity index (χ4n) is 1.73. The van der Waals surface area contributed by atoms with Gasteiger partial charge in [0.05, 0.1) is 12.6 Å². The summed E-state index contributed by atoms with van der Waals surface area (Å²) in [5.74, 6) is 0. The maximum absolute atomic E-state index is 11.9. The summed E-state index contributed by atoms with van der Waals surface area (Å²) in [6.45, 7) is 4.85. The molecule has 2 amide bonds. The first-order valence-corrected chi connectivity index (χ1v) is 6.49. The standard InChI is InChI=1S/C15H21NO4/c1-15(2,3)20-14(19)16(11-18)13(10-17)9-12-7-5-4-6-8-12/h4-8,11,13,17H,9-10H2,1-3H3/t13-/m0/s1. The van der Waals surface area contributed by atoms with Crippen molar-refractivity contribution >= 4 is 12.5 Å². The van der Waals surface area contributed by atoms with Crippen LogP contribution < -0.4 is 0 Å². The van der Waals surface area contributed by atoms with Gasteiger partial charge in [0.2, 0.25) is 6.41 Å². The highest BCUT2D eigenvalue weighted by Gasteiger charge is 2.27. The SMILES string of the molecule is CC(C)(C)OC(=O)N(C=O)[C@H](CO)Cc1ccccc1. The molecule has 0 radical (unpaired) electrons. The zero-order valence-electron chi connectivity index (χ0n) is 12.1. The molecular weight excluding hydrogens is 258 g/mol. The van der Waals surface area contributed by atoms with E-state index in [-0.39, 0.29) is 6.61 Å². The quantitative estimate of drug-likeness (QED) is 0.837. The molecule has 5 heteroatoms. The predicted octanol–water partition coefficient (Wildman–Crippen LogP) is 1.98. The predicted molar refractivity (Wildman–Crippen MR) is 75.2 cm³/mol.